The number of carbonyl (C=O) groups excluding carboxylic acids is 2. The van der Waals surface area contributed by atoms with Crippen LogP contribution in [0, 0.1) is 5.92 Å². The maximum Gasteiger partial charge on any atom is 0.246 e. The summed E-state index contributed by atoms with van der Waals surface area (Å²) in [5, 5.41) is 3.17. The molecule has 0 bridgehead atoms. The molecular weight excluding hydrogens is 390 g/mol. The second-order valence-corrected chi connectivity index (χ2v) is 8.97. The molecule has 1 N–H and O–H groups in total. The number of ether oxygens (including phenoxy) is 1. The quantitative estimate of drug-likeness (QED) is 0.683. The summed E-state index contributed by atoms with van der Waals surface area (Å²) in [7, 11) is 0. The van der Waals surface area contributed by atoms with E-state index in [1.54, 1.807) is 6.08 Å². The third kappa shape index (κ3) is 5.95. The van der Waals surface area contributed by atoms with Gasteiger partial charge in [-0.05, 0) is 43.2 Å². The van der Waals surface area contributed by atoms with Crippen molar-refractivity contribution >= 4 is 17.9 Å². The standard InChI is InChI=1S/C25H35N3O3/c29-23(13-12-20-7-2-1-3-8-20)27-14-16-28(17-15-27)24(21-9-4-5-10-21)25(30)26-19-22-11-6-18-31-22/h1-3,7-8,12-13,21-22,24H,4-6,9-11,14-19H2,(H,26,30)/b13-12+. The summed E-state index contributed by atoms with van der Waals surface area (Å²) < 4.78 is 5.67. The van der Waals surface area contributed by atoms with Crippen molar-refractivity contribution in [2.24, 2.45) is 5.92 Å². The number of benzene rings is 1. The summed E-state index contributed by atoms with van der Waals surface area (Å²) in [6.07, 6.45) is 10.5. The molecule has 3 aliphatic rings. The fourth-order valence-corrected chi connectivity index (χ4v) is 5.13. The van der Waals surface area contributed by atoms with Crippen LogP contribution in [0.1, 0.15) is 44.1 Å². The summed E-state index contributed by atoms with van der Waals surface area (Å²) in [5.74, 6) is 0.611. The number of nitrogens with one attached hydrogen (secondary N) is 1. The van der Waals surface area contributed by atoms with Gasteiger partial charge in [-0.1, -0.05) is 43.2 Å². The molecule has 3 fully saturated rings. The highest BCUT2D eigenvalue weighted by Crippen LogP contribution is 2.31. The molecule has 168 valence electrons. The van der Waals surface area contributed by atoms with E-state index in [1.807, 2.05) is 41.3 Å². The lowest BCUT2D eigenvalue weighted by Gasteiger charge is -2.40. The Kier molecular flexibility index (Phi) is 7.76. The minimum absolute atomic E-state index is 0.0451. The van der Waals surface area contributed by atoms with Crippen LogP contribution in [0.2, 0.25) is 0 Å². The van der Waals surface area contributed by atoms with Gasteiger partial charge in [0.15, 0.2) is 0 Å². The fourth-order valence-electron chi connectivity index (χ4n) is 5.13. The lowest BCUT2D eigenvalue weighted by atomic mass is 9.95. The third-order valence-electron chi connectivity index (χ3n) is 6.88. The zero-order valence-electron chi connectivity index (χ0n) is 18.4. The minimum atomic E-state index is -0.0824. The predicted octanol–water partition coefficient (Wildman–Crippen LogP) is 2.70. The number of rotatable bonds is 7. The zero-order valence-corrected chi connectivity index (χ0v) is 18.4. The number of piperazine rings is 1. The molecule has 6 nitrogen and oxygen atoms in total. The van der Waals surface area contributed by atoms with Crippen molar-refractivity contribution in [2.45, 2.75) is 50.7 Å². The Morgan fingerprint density at radius 1 is 1.03 bits per heavy atom. The number of hydrogen-bond acceptors (Lipinski definition) is 4. The van der Waals surface area contributed by atoms with Gasteiger partial charge < -0.3 is 15.0 Å². The highest BCUT2D eigenvalue weighted by atomic mass is 16.5. The topological polar surface area (TPSA) is 61.9 Å². The van der Waals surface area contributed by atoms with Crippen molar-refractivity contribution < 1.29 is 14.3 Å². The van der Waals surface area contributed by atoms with E-state index in [1.165, 1.54) is 12.8 Å². The molecule has 1 aromatic carbocycles. The molecule has 2 saturated heterocycles. The largest absolute Gasteiger partial charge is 0.376 e. The number of amides is 2. The Morgan fingerprint density at radius 3 is 2.45 bits per heavy atom. The molecule has 2 atom stereocenters. The molecule has 2 unspecified atom stereocenters. The normalized spacial score (nSPS) is 24.0. The van der Waals surface area contributed by atoms with E-state index in [2.05, 4.69) is 10.2 Å². The van der Waals surface area contributed by atoms with Gasteiger partial charge in [0.05, 0.1) is 12.1 Å². The SMILES string of the molecule is O=C(NCC1CCCO1)C(C1CCCC1)N1CCN(C(=O)/C=C/c2ccccc2)CC1. The monoisotopic (exact) mass is 425 g/mol. The first kappa shape index (κ1) is 22.0. The second-order valence-electron chi connectivity index (χ2n) is 8.97. The van der Waals surface area contributed by atoms with E-state index >= 15 is 0 Å². The van der Waals surface area contributed by atoms with Gasteiger partial charge in [0.25, 0.3) is 0 Å². The molecule has 2 aliphatic heterocycles. The molecule has 2 heterocycles. The van der Waals surface area contributed by atoms with Gasteiger partial charge >= 0.3 is 0 Å². The first-order valence-electron chi connectivity index (χ1n) is 11.9. The molecule has 2 amide bonds. The van der Waals surface area contributed by atoms with Gasteiger partial charge in [0.1, 0.15) is 0 Å². The Hall–Kier alpha value is -2.18. The van der Waals surface area contributed by atoms with Gasteiger partial charge in [-0.3, -0.25) is 14.5 Å². The fraction of sp³-hybridized carbons (Fsp3) is 0.600. The Labute approximate surface area is 185 Å². The van der Waals surface area contributed by atoms with Crippen LogP contribution in [0.3, 0.4) is 0 Å². The molecular formula is C25H35N3O3. The van der Waals surface area contributed by atoms with E-state index < -0.39 is 0 Å². The van der Waals surface area contributed by atoms with Gasteiger partial charge in [-0.2, -0.15) is 0 Å². The summed E-state index contributed by atoms with van der Waals surface area (Å²) in [5.41, 5.74) is 1.03. The van der Waals surface area contributed by atoms with Crippen molar-refractivity contribution in [3.63, 3.8) is 0 Å². The average molecular weight is 426 g/mol. The van der Waals surface area contributed by atoms with Gasteiger partial charge in [-0.25, -0.2) is 0 Å². The summed E-state index contributed by atoms with van der Waals surface area (Å²) in [4.78, 5) is 30.0. The molecule has 1 aliphatic carbocycles. The molecule has 1 saturated carbocycles. The van der Waals surface area contributed by atoms with E-state index in [0.29, 0.717) is 25.6 Å². The average Bonchev–Trinajstić information content (AvgIpc) is 3.52. The van der Waals surface area contributed by atoms with Crippen LogP contribution in [-0.2, 0) is 14.3 Å². The van der Waals surface area contributed by atoms with Crippen molar-refractivity contribution in [1.29, 1.82) is 0 Å². The molecule has 0 radical (unpaired) electrons. The van der Waals surface area contributed by atoms with Crippen LogP contribution < -0.4 is 5.32 Å². The number of nitrogens with zero attached hydrogens (tertiary/aromatic N) is 2. The van der Waals surface area contributed by atoms with Gasteiger partial charge in [0, 0.05) is 45.4 Å². The first-order chi connectivity index (χ1) is 15.2. The van der Waals surface area contributed by atoms with Crippen LogP contribution in [0.15, 0.2) is 36.4 Å². The highest BCUT2D eigenvalue weighted by molar-refractivity contribution is 5.91. The van der Waals surface area contributed by atoms with Crippen molar-refractivity contribution in [2.75, 3.05) is 39.3 Å². The molecule has 4 rings (SSSR count). The Morgan fingerprint density at radius 2 is 1.77 bits per heavy atom. The molecule has 1 aromatic rings. The zero-order chi connectivity index (χ0) is 21.5. The number of carbonyl (C=O) groups is 2. The van der Waals surface area contributed by atoms with E-state index in [0.717, 1.165) is 50.9 Å². The van der Waals surface area contributed by atoms with Crippen LogP contribution >= 0.6 is 0 Å². The van der Waals surface area contributed by atoms with E-state index in [4.69, 9.17) is 4.74 Å². The maximum atomic E-state index is 13.2. The van der Waals surface area contributed by atoms with Gasteiger partial charge in [-0.15, -0.1) is 0 Å². The van der Waals surface area contributed by atoms with Crippen LogP contribution in [0.4, 0.5) is 0 Å². The Bertz CT molecular complexity index is 747. The van der Waals surface area contributed by atoms with Crippen LogP contribution in [0.5, 0.6) is 0 Å². The molecule has 6 heteroatoms. The predicted molar refractivity (Wildman–Crippen MR) is 121 cm³/mol. The van der Waals surface area contributed by atoms with Crippen LogP contribution in [-0.4, -0.2) is 73.1 Å². The molecule has 0 spiro atoms. The van der Waals surface area contributed by atoms with Crippen molar-refractivity contribution in [3.05, 3.63) is 42.0 Å². The lowest BCUT2D eigenvalue weighted by molar-refractivity contribution is -0.132. The van der Waals surface area contributed by atoms with E-state index in [9.17, 15) is 9.59 Å². The Balaban J connectivity index is 1.31. The van der Waals surface area contributed by atoms with E-state index in [-0.39, 0.29) is 24.0 Å². The summed E-state index contributed by atoms with van der Waals surface area (Å²) in [6, 6.07) is 9.80. The van der Waals surface area contributed by atoms with Gasteiger partial charge in [0.2, 0.25) is 11.8 Å². The smallest absolute Gasteiger partial charge is 0.246 e. The minimum Gasteiger partial charge on any atom is -0.376 e. The lowest BCUT2D eigenvalue weighted by Crippen LogP contribution is -2.58. The second kappa shape index (κ2) is 10.9. The van der Waals surface area contributed by atoms with Crippen molar-refractivity contribution in [1.82, 2.24) is 15.1 Å². The third-order valence-corrected chi connectivity index (χ3v) is 6.88. The first-order valence-corrected chi connectivity index (χ1v) is 11.9. The molecule has 0 aromatic heterocycles. The van der Waals surface area contributed by atoms with Crippen LogP contribution in [0.25, 0.3) is 6.08 Å². The molecule has 31 heavy (non-hydrogen) atoms. The summed E-state index contributed by atoms with van der Waals surface area (Å²) >= 11 is 0. The van der Waals surface area contributed by atoms with Crippen molar-refractivity contribution in [3.8, 4) is 0 Å². The maximum absolute atomic E-state index is 13.2. The highest BCUT2D eigenvalue weighted by Gasteiger charge is 2.37. The number of hydrogen-bond donors (Lipinski definition) is 1. The summed E-state index contributed by atoms with van der Waals surface area (Å²) in [6.45, 7) is 4.26.